The number of nitrogens with one attached hydrogen (secondary N) is 1. The maximum atomic E-state index is 10.8. The lowest BCUT2D eigenvalue weighted by Crippen LogP contribution is -2.20. The molecule has 1 amide bonds. The molecule has 5 nitrogen and oxygen atoms in total. The van der Waals surface area contributed by atoms with Gasteiger partial charge in [-0.1, -0.05) is 18.5 Å². The van der Waals surface area contributed by atoms with Crippen LogP contribution in [0.3, 0.4) is 0 Å². The van der Waals surface area contributed by atoms with E-state index in [4.69, 9.17) is 26.8 Å². The fraction of sp³-hybridized carbons (Fsp3) is 0.462. The molecule has 1 saturated heterocycles. The average Bonchev–Trinajstić information content (AvgIpc) is 2.83. The topological polar surface area (TPSA) is 73.6 Å². The highest BCUT2D eigenvalue weighted by Gasteiger charge is 2.25. The predicted octanol–water partition coefficient (Wildman–Crippen LogP) is 1.94. The highest BCUT2D eigenvalue weighted by molar-refractivity contribution is 8.00. The van der Waals surface area contributed by atoms with E-state index in [-0.39, 0.29) is 12.0 Å². The van der Waals surface area contributed by atoms with E-state index in [2.05, 4.69) is 12.2 Å². The van der Waals surface area contributed by atoms with E-state index in [1.807, 2.05) is 23.9 Å². The number of methoxy groups -OCH3 is 1. The van der Waals surface area contributed by atoms with Crippen LogP contribution in [0.2, 0.25) is 5.02 Å². The first-order valence-corrected chi connectivity index (χ1v) is 7.50. The number of carbonyl (C=O) groups excluding carboxylic acids is 1. The molecule has 20 heavy (non-hydrogen) atoms. The first kappa shape index (κ1) is 15.3. The van der Waals surface area contributed by atoms with E-state index >= 15 is 0 Å². The van der Waals surface area contributed by atoms with E-state index in [0.29, 0.717) is 21.8 Å². The van der Waals surface area contributed by atoms with E-state index in [9.17, 15) is 4.79 Å². The van der Waals surface area contributed by atoms with Crippen LogP contribution in [0.5, 0.6) is 11.5 Å². The van der Waals surface area contributed by atoms with Crippen molar-refractivity contribution in [2.24, 2.45) is 5.73 Å². The van der Waals surface area contributed by atoms with Gasteiger partial charge in [0.1, 0.15) is 0 Å². The number of hydrogen-bond donors (Lipinski definition) is 2. The number of amides is 1. The molecule has 0 radical (unpaired) electrons. The summed E-state index contributed by atoms with van der Waals surface area (Å²) < 4.78 is 10.6. The Labute approximate surface area is 127 Å². The maximum Gasteiger partial charge on any atom is 0.255 e. The summed E-state index contributed by atoms with van der Waals surface area (Å²) in [6.45, 7) is 2.89. The van der Waals surface area contributed by atoms with E-state index in [1.54, 1.807) is 0 Å². The Morgan fingerprint density at radius 2 is 2.35 bits per heavy atom. The van der Waals surface area contributed by atoms with Gasteiger partial charge in [0.05, 0.1) is 17.5 Å². The lowest BCUT2D eigenvalue weighted by Gasteiger charge is -2.16. The lowest BCUT2D eigenvalue weighted by atomic mass is 10.2. The summed E-state index contributed by atoms with van der Waals surface area (Å²) in [6, 6.07) is 3.69. The Balaban J connectivity index is 2.25. The second kappa shape index (κ2) is 6.56. The number of rotatable bonds is 5. The highest BCUT2D eigenvalue weighted by atomic mass is 35.5. The Bertz CT molecular complexity index is 513. The van der Waals surface area contributed by atoms with Crippen molar-refractivity contribution >= 4 is 29.3 Å². The van der Waals surface area contributed by atoms with Crippen molar-refractivity contribution in [1.82, 2.24) is 5.32 Å². The Morgan fingerprint density at radius 3 is 2.90 bits per heavy atom. The normalized spacial score (nSPS) is 21.8. The molecular formula is C13H17ClN2O3S. The molecule has 110 valence electrons. The predicted molar refractivity (Wildman–Crippen MR) is 80.5 cm³/mol. The van der Waals surface area contributed by atoms with Gasteiger partial charge in [-0.15, -0.1) is 11.8 Å². The van der Waals surface area contributed by atoms with Gasteiger partial charge in [0.15, 0.2) is 18.1 Å². The zero-order chi connectivity index (χ0) is 14.7. The molecule has 1 heterocycles. The molecule has 0 spiro atoms. The molecule has 1 aliphatic rings. The molecule has 0 aromatic heterocycles. The van der Waals surface area contributed by atoms with E-state index in [1.165, 1.54) is 7.11 Å². The van der Waals surface area contributed by atoms with Crippen molar-refractivity contribution in [1.29, 1.82) is 0 Å². The Kier molecular flexibility index (Phi) is 5.01. The molecule has 1 aromatic carbocycles. The number of primary amides is 1. The molecule has 0 saturated carbocycles. The molecule has 2 unspecified atom stereocenters. The third-order valence-corrected chi connectivity index (χ3v) is 4.50. The number of carbonyl (C=O) groups is 1. The standard InChI is InChI=1S/C13H17ClN2O3S/c1-7-5-16-13(20-7)8-3-9(14)12(10(4-8)18-2)19-6-11(15)17/h3-4,7,13,16H,5-6H2,1-2H3,(H2,15,17). The van der Waals surface area contributed by atoms with Crippen LogP contribution in [0, 0.1) is 0 Å². The molecule has 0 aliphatic carbocycles. The van der Waals surface area contributed by atoms with Crippen LogP contribution in [0.15, 0.2) is 12.1 Å². The van der Waals surface area contributed by atoms with Crippen LogP contribution in [0.25, 0.3) is 0 Å². The fourth-order valence-corrected chi connectivity index (χ4v) is 3.39. The summed E-state index contributed by atoms with van der Waals surface area (Å²) in [5.74, 6) is 0.275. The zero-order valence-electron chi connectivity index (χ0n) is 11.3. The van der Waals surface area contributed by atoms with Crippen molar-refractivity contribution in [3.63, 3.8) is 0 Å². The largest absolute Gasteiger partial charge is 0.493 e. The van der Waals surface area contributed by atoms with Crippen LogP contribution in [0.4, 0.5) is 0 Å². The van der Waals surface area contributed by atoms with Gasteiger partial charge >= 0.3 is 0 Å². The first-order valence-electron chi connectivity index (χ1n) is 6.18. The summed E-state index contributed by atoms with van der Waals surface area (Å²) in [7, 11) is 1.53. The second-order valence-electron chi connectivity index (χ2n) is 4.52. The summed E-state index contributed by atoms with van der Waals surface area (Å²) in [6.07, 6.45) is 0. The number of nitrogens with two attached hydrogens (primary N) is 1. The minimum absolute atomic E-state index is 0.182. The van der Waals surface area contributed by atoms with Crippen molar-refractivity contribution in [3.8, 4) is 11.5 Å². The highest BCUT2D eigenvalue weighted by Crippen LogP contribution is 2.42. The second-order valence-corrected chi connectivity index (χ2v) is 6.48. The first-order chi connectivity index (χ1) is 9.51. The van der Waals surface area contributed by atoms with Crippen LogP contribution >= 0.6 is 23.4 Å². The van der Waals surface area contributed by atoms with Crippen LogP contribution in [0.1, 0.15) is 17.9 Å². The zero-order valence-corrected chi connectivity index (χ0v) is 12.9. The quantitative estimate of drug-likeness (QED) is 0.868. The third-order valence-electron chi connectivity index (χ3n) is 2.87. The number of halogens is 1. The minimum atomic E-state index is -0.561. The molecule has 1 fully saturated rings. The van der Waals surface area contributed by atoms with Crippen molar-refractivity contribution in [3.05, 3.63) is 22.7 Å². The number of ether oxygens (including phenoxy) is 2. The maximum absolute atomic E-state index is 10.8. The number of benzene rings is 1. The van der Waals surface area contributed by atoms with E-state index in [0.717, 1.165) is 12.1 Å². The lowest BCUT2D eigenvalue weighted by molar-refractivity contribution is -0.119. The monoisotopic (exact) mass is 316 g/mol. The Hall–Kier alpha value is -1.11. The van der Waals surface area contributed by atoms with E-state index < -0.39 is 5.91 Å². The van der Waals surface area contributed by atoms with Gasteiger partial charge < -0.3 is 20.5 Å². The van der Waals surface area contributed by atoms with Crippen LogP contribution in [-0.2, 0) is 4.79 Å². The number of thioether (sulfide) groups is 1. The van der Waals surface area contributed by atoms with Gasteiger partial charge in [0.2, 0.25) is 0 Å². The van der Waals surface area contributed by atoms with Gasteiger partial charge in [-0.2, -0.15) is 0 Å². The summed E-state index contributed by atoms with van der Waals surface area (Å²) in [5, 5.41) is 4.54. The van der Waals surface area contributed by atoms with Gasteiger partial charge in [-0.05, 0) is 17.7 Å². The molecule has 7 heteroatoms. The summed E-state index contributed by atoms with van der Waals surface area (Å²) >= 11 is 8.05. The molecule has 1 aromatic rings. The molecule has 1 aliphatic heterocycles. The SMILES string of the molecule is COc1cc(C2NCC(C)S2)cc(Cl)c1OCC(N)=O. The summed E-state index contributed by atoms with van der Waals surface area (Å²) in [4.78, 5) is 10.8. The van der Waals surface area contributed by atoms with Gasteiger partial charge in [-0.25, -0.2) is 0 Å². The van der Waals surface area contributed by atoms with Crippen LogP contribution in [-0.4, -0.2) is 31.4 Å². The van der Waals surface area contributed by atoms with Gasteiger partial charge in [-0.3, -0.25) is 4.79 Å². The minimum Gasteiger partial charge on any atom is -0.493 e. The average molecular weight is 317 g/mol. The van der Waals surface area contributed by atoms with Gasteiger partial charge in [0.25, 0.3) is 5.91 Å². The molecule has 3 N–H and O–H groups in total. The van der Waals surface area contributed by atoms with Crippen molar-refractivity contribution in [2.45, 2.75) is 17.5 Å². The van der Waals surface area contributed by atoms with Crippen molar-refractivity contribution in [2.75, 3.05) is 20.3 Å². The van der Waals surface area contributed by atoms with Crippen LogP contribution < -0.4 is 20.5 Å². The molecular weight excluding hydrogens is 300 g/mol. The number of hydrogen-bond acceptors (Lipinski definition) is 5. The van der Waals surface area contributed by atoms with Gasteiger partial charge in [0, 0.05) is 11.8 Å². The molecule has 2 rings (SSSR count). The fourth-order valence-electron chi connectivity index (χ4n) is 1.97. The smallest absolute Gasteiger partial charge is 0.255 e. The van der Waals surface area contributed by atoms with Crippen molar-refractivity contribution < 1.29 is 14.3 Å². The Morgan fingerprint density at radius 1 is 1.60 bits per heavy atom. The molecule has 2 atom stereocenters. The third kappa shape index (κ3) is 3.50. The molecule has 0 bridgehead atoms. The summed E-state index contributed by atoms with van der Waals surface area (Å²) in [5.41, 5.74) is 6.09.